The summed E-state index contributed by atoms with van der Waals surface area (Å²) < 4.78 is 0. The first-order valence-electron chi connectivity index (χ1n) is 7.86. The molecule has 1 aromatic carbocycles. The number of benzene rings is 1. The van der Waals surface area contributed by atoms with Crippen molar-refractivity contribution in [1.29, 1.82) is 5.26 Å². The Morgan fingerprint density at radius 2 is 2.00 bits per heavy atom. The third-order valence-corrected chi connectivity index (χ3v) is 4.81. The molecule has 2 atom stereocenters. The van der Waals surface area contributed by atoms with Gasteiger partial charge in [-0.3, -0.25) is 4.79 Å². The molecule has 0 saturated carbocycles. The van der Waals surface area contributed by atoms with Gasteiger partial charge in [-0.2, -0.15) is 5.26 Å². The first kappa shape index (κ1) is 14.9. The summed E-state index contributed by atoms with van der Waals surface area (Å²) in [5.41, 5.74) is 1.51. The molecule has 0 aromatic heterocycles. The molecule has 3 rings (SSSR count). The Kier molecular flexibility index (Phi) is 4.30. The summed E-state index contributed by atoms with van der Waals surface area (Å²) in [6, 6.07) is 9.28. The quantitative estimate of drug-likeness (QED) is 0.916. The second kappa shape index (κ2) is 6.37. The van der Waals surface area contributed by atoms with Gasteiger partial charge in [-0.15, -0.1) is 0 Å². The highest BCUT2D eigenvalue weighted by molar-refractivity contribution is 5.81. The van der Waals surface area contributed by atoms with Gasteiger partial charge in [0.15, 0.2) is 0 Å². The number of carbonyl (C=O) groups is 1. The van der Waals surface area contributed by atoms with E-state index >= 15 is 0 Å². The summed E-state index contributed by atoms with van der Waals surface area (Å²) in [4.78, 5) is 16.7. The topological polar surface area (TPSA) is 59.4 Å². The Balaban J connectivity index is 1.51. The number of amides is 1. The number of piperidine rings is 1. The van der Waals surface area contributed by atoms with Crippen molar-refractivity contribution >= 4 is 11.6 Å². The highest BCUT2D eigenvalue weighted by atomic mass is 16.2. The molecule has 1 amide bonds. The van der Waals surface area contributed by atoms with Crippen molar-refractivity contribution in [3.8, 4) is 6.07 Å². The van der Waals surface area contributed by atoms with E-state index < -0.39 is 0 Å². The van der Waals surface area contributed by atoms with E-state index in [2.05, 4.69) is 23.3 Å². The molecule has 2 saturated heterocycles. The highest BCUT2D eigenvalue weighted by Crippen LogP contribution is 2.30. The number of nitriles is 1. The molecule has 22 heavy (non-hydrogen) atoms. The Morgan fingerprint density at radius 3 is 2.73 bits per heavy atom. The Morgan fingerprint density at radius 1 is 1.27 bits per heavy atom. The van der Waals surface area contributed by atoms with Gasteiger partial charge in [-0.05, 0) is 56.1 Å². The normalized spacial score (nSPS) is 24.6. The molecule has 0 spiro atoms. The van der Waals surface area contributed by atoms with Crippen LogP contribution in [0, 0.1) is 23.2 Å². The van der Waals surface area contributed by atoms with E-state index in [4.69, 9.17) is 5.26 Å². The molecular formula is C17H22N4O. The van der Waals surface area contributed by atoms with Crippen LogP contribution in [-0.4, -0.2) is 55.5 Å². The maximum absolute atomic E-state index is 12.4. The average Bonchev–Trinajstić information content (AvgIpc) is 2.96. The molecule has 0 radical (unpaired) electrons. The number of anilines is 1. The van der Waals surface area contributed by atoms with Crippen molar-refractivity contribution in [2.45, 2.75) is 6.42 Å². The van der Waals surface area contributed by atoms with Gasteiger partial charge in [-0.1, -0.05) is 0 Å². The fraction of sp³-hybridized carbons (Fsp3) is 0.529. The van der Waals surface area contributed by atoms with Crippen molar-refractivity contribution in [3.05, 3.63) is 29.8 Å². The summed E-state index contributed by atoms with van der Waals surface area (Å²) in [6.45, 7) is 4.38. The summed E-state index contributed by atoms with van der Waals surface area (Å²) in [7, 11) is 2.16. The van der Waals surface area contributed by atoms with E-state index in [9.17, 15) is 4.79 Å². The van der Waals surface area contributed by atoms with Gasteiger partial charge in [0.1, 0.15) is 0 Å². The largest absolute Gasteiger partial charge is 0.376 e. The van der Waals surface area contributed by atoms with Crippen molar-refractivity contribution in [1.82, 2.24) is 9.80 Å². The Hall–Kier alpha value is -2.06. The molecule has 0 aliphatic carbocycles. The fourth-order valence-corrected chi connectivity index (χ4v) is 3.51. The molecule has 1 aromatic rings. The monoisotopic (exact) mass is 298 g/mol. The smallest absolute Gasteiger partial charge is 0.241 e. The summed E-state index contributed by atoms with van der Waals surface area (Å²) in [5.74, 6) is 1.48. The zero-order valence-electron chi connectivity index (χ0n) is 13.0. The van der Waals surface area contributed by atoms with E-state index in [0.29, 0.717) is 23.9 Å². The zero-order chi connectivity index (χ0) is 15.5. The van der Waals surface area contributed by atoms with Crippen LogP contribution in [0.15, 0.2) is 24.3 Å². The van der Waals surface area contributed by atoms with Gasteiger partial charge >= 0.3 is 0 Å². The van der Waals surface area contributed by atoms with Crippen LogP contribution < -0.4 is 5.32 Å². The van der Waals surface area contributed by atoms with Crippen molar-refractivity contribution in [2.24, 2.45) is 11.8 Å². The molecule has 2 aliphatic rings. The van der Waals surface area contributed by atoms with Gasteiger partial charge in [0.25, 0.3) is 0 Å². The van der Waals surface area contributed by atoms with Crippen LogP contribution in [0.3, 0.4) is 0 Å². The molecule has 2 aliphatic heterocycles. The van der Waals surface area contributed by atoms with E-state index in [-0.39, 0.29) is 5.91 Å². The lowest BCUT2D eigenvalue weighted by atomic mass is 9.89. The lowest BCUT2D eigenvalue weighted by Crippen LogP contribution is -2.37. The third-order valence-electron chi connectivity index (χ3n) is 4.81. The van der Waals surface area contributed by atoms with Crippen LogP contribution in [-0.2, 0) is 4.79 Å². The average molecular weight is 298 g/mol. The van der Waals surface area contributed by atoms with Crippen LogP contribution in [0.1, 0.15) is 12.0 Å². The van der Waals surface area contributed by atoms with Gasteiger partial charge in [0.05, 0.1) is 18.2 Å². The molecule has 1 N–H and O–H groups in total. The molecule has 0 bridgehead atoms. The zero-order valence-corrected chi connectivity index (χ0v) is 13.0. The maximum Gasteiger partial charge on any atom is 0.241 e. The summed E-state index contributed by atoms with van der Waals surface area (Å²) >= 11 is 0. The van der Waals surface area contributed by atoms with E-state index in [1.165, 1.54) is 6.42 Å². The number of hydrogen-bond acceptors (Lipinski definition) is 4. The van der Waals surface area contributed by atoms with Crippen LogP contribution in [0.25, 0.3) is 0 Å². The van der Waals surface area contributed by atoms with E-state index in [1.807, 2.05) is 17.0 Å². The predicted octanol–water partition coefficient (Wildman–Crippen LogP) is 1.38. The third kappa shape index (κ3) is 3.23. The van der Waals surface area contributed by atoms with Crippen LogP contribution in [0.2, 0.25) is 0 Å². The number of fused-ring (bicyclic) bond motifs is 1. The van der Waals surface area contributed by atoms with Crippen LogP contribution in [0.5, 0.6) is 0 Å². The Bertz CT molecular complexity index is 577. The number of nitrogens with zero attached hydrogens (tertiary/aromatic N) is 3. The number of hydrogen-bond donors (Lipinski definition) is 1. The lowest BCUT2D eigenvalue weighted by Gasteiger charge is -2.31. The fourth-order valence-electron chi connectivity index (χ4n) is 3.51. The minimum absolute atomic E-state index is 0.168. The minimum Gasteiger partial charge on any atom is -0.376 e. The maximum atomic E-state index is 12.4. The first-order chi connectivity index (χ1) is 10.7. The standard InChI is InChI=1S/C17H22N4O/c1-20-7-6-14-11-21(12-15(14)10-20)17(22)9-19-16-4-2-13(8-18)3-5-16/h2-5,14-15,19H,6-7,9-12H2,1H3/t14-,15+/m1/s1. The number of carbonyl (C=O) groups excluding carboxylic acids is 1. The SMILES string of the molecule is CN1CC[C@@H]2CN(C(=O)CNc3ccc(C#N)cc3)C[C@@H]2C1. The second-order valence-electron chi connectivity index (χ2n) is 6.41. The number of nitrogens with one attached hydrogen (secondary N) is 1. The Labute approximate surface area is 131 Å². The first-order valence-corrected chi connectivity index (χ1v) is 7.86. The molecule has 5 heteroatoms. The van der Waals surface area contributed by atoms with Crippen LogP contribution in [0.4, 0.5) is 5.69 Å². The number of likely N-dealkylation sites (tertiary alicyclic amines) is 2. The second-order valence-corrected chi connectivity index (χ2v) is 6.41. The minimum atomic E-state index is 0.168. The number of rotatable bonds is 3. The van der Waals surface area contributed by atoms with Crippen molar-refractivity contribution in [3.63, 3.8) is 0 Å². The molecule has 116 valence electrons. The van der Waals surface area contributed by atoms with Gasteiger partial charge in [-0.25, -0.2) is 0 Å². The van der Waals surface area contributed by atoms with Gasteiger partial charge < -0.3 is 15.1 Å². The molecule has 2 heterocycles. The van der Waals surface area contributed by atoms with Gasteiger partial charge in [0.2, 0.25) is 5.91 Å². The lowest BCUT2D eigenvalue weighted by molar-refractivity contribution is -0.128. The van der Waals surface area contributed by atoms with Crippen LogP contribution >= 0.6 is 0 Å². The molecule has 5 nitrogen and oxygen atoms in total. The predicted molar refractivity (Wildman–Crippen MR) is 85.3 cm³/mol. The summed E-state index contributed by atoms with van der Waals surface area (Å²) in [5, 5.41) is 11.9. The van der Waals surface area contributed by atoms with Gasteiger partial charge in [0, 0.05) is 25.3 Å². The van der Waals surface area contributed by atoms with Crippen molar-refractivity contribution < 1.29 is 4.79 Å². The highest BCUT2D eigenvalue weighted by Gasteiger charge is 2.37. The molecular weight excluding hydrogens is 276 g/mol. The molecule has 0 unspecified atom stereocenters. The van der Waals surface area contributed by atoms with E-state index in [1.54, 1.807) is 12.1 Å². The molecule has 2 fully saturated rings. The van der Waals surface area contributed by atoms with Crippen molar-refractivity contribution in [2.75, 3.05) is 45.1 Å². The van der Waals surface area contributed by atoms with E-state index in [0.717, 1.165) is 31.9 Å². The summed E-state index contributed by atoms with van der Waals surface area (Å²) in [6.07, 6.45) is 1.20.